The van der Waals surface area contributed by atoms with E-state index in [9.17, 15) is 4.79 Å². The molecule has 2 amide bonds. The lowest BCUT2D eigenvalue weighted by Crippen LogP contribution is -2.47. The van der Waals surface area contributed by atoms with E-state index in [-0.39, 0.29) is 17.5 Å². The van der Waals surface area contributed by atoms with Crippen molar-refractivity contribution >= 4 is 11.7 Å². The first-order valence-corrected chi connectivity index (χ1v) is 14.3. The molecule has 2 fully saturated rings. The van der Waals surface area contributed by atoms with Crippen LogP contribution in [0.2, 0.25) is 0 Å². The zero-order valence-corrected chi connectivity index (χ0v) is 22.7. The second kappa shape index (κ2) is 12.6. The Kier molecular flexibility index (Phi) is 8.77. The van der Waals surface area contributed by atoms with Gasteiger partial charge in [-0.3, -0.25) is 0 Å². The zero-order chi connectivity index (χ0) is 26.2. The van der Waals surface area contributed by atoms with Crippen LogP contribution in [-0.2, 0) is 5.41 Å². The number of anilines is 1. The molecule has 38 heavy (non-hydrogen) atoms. The van der Waals surface area contributed by atoms with Crippen LogP contribution < -0.4 is 10.6 Å². The Bertz CT molecular complexity index is 1160. The van der Waals surface area contributed by atoms with Crippen molar-refractivity contribution in [2.24, 2.45) is 0 Å². The molecule has 0 radical (unpaired) electrons. The largest absolute Gasteiger partial charge is 0.335 e. The molecule has 2 heterocycles. The molecule has 5 heteroatoms. The van der Waals surface area contributed by atoms with Gasteiger partial charge < -0.3 is 20.4 Å². The fourth-order valence-corrected chi connectivity index (χ4v) is 6.24. The van der Waals surface area contributed by atoms with Gasteiger partial charge in [-0.05, 0) is 68.9 Å². The molecule has 5 nitrogen and oxygen atoms in total. The Morgan fingerprint density at radius 1 is 0.842 bits per heavy atom. The molecule has 2 aliphatic rings. The Labute approximate surface area is 228 Å². The van der Waals surface area contributed by atoms with Crippen LogP contribution in [0.25, 0.3) is 11.1 Å². The summed E-state index contributed by atoms with van der Waals surface area (Å²) in [6.07, 6.45) is 5.77. The third-order valence-corrected chi connectivity index (χ3v) is 8.38. The predicted octanol–water partition coefficient (Wildman–Crippen LogP) is 6.38. The molecule has 5 rings (SSSR count). The molecular weight excluding hydrogens is 468 g/mol. The number of rotatable bonds is 8. The molecular formula is C33H42N4O. The highest BCUT2D eigenvalue weighted by atomic mass is 16.2. The van der Waals surface area contributed by atoms with Crippen LogP contribution in [0.3, 0.4) is 0 Å². The number of amides is 2. The Morgan fingerprint density at radius 3 is 2.26 bits per heavy atom. The highest BCUT2D eigenvalue weighted by molar-refractivity contribution is 5.94. The number of carbonyl (C=O) groups excluding carboxylic acids is 1. The molecule has 1 atom stereocenters. The van der Waals surface area contributed by atoms with Crippen molar-refractivity contribution in [2.45, 2.75) is 50.5 Å². The number of para-hydroxylation sites is 1. The number of hydrogen-bond donors (Lipinski definition) is 2. The first-order valence-electron chi connectivity index (χ1n) is 14.3. The van der Waals surface area contributed by atoms with E-state index in [1.54, 1.807) is 0 Å². The van der Waals surface area contributed by atoms with Gasteiger partial charge >= 0.3 is 6.03 Å². The zero-order valence-electron chi connectivity index (χ0n) is 22.7. The topological polar surface area (TPSA) is 47.6 Å². The maximum Gasteiger partial charge on any atom is 0.319 e. The van der Waals surface area contributed by atoms with E-state index in [1.165, 1.54) is 37.9 Å². The fourth-order valence-electron chi connectivity index (χ4n) is 6.24. The first-order chi connectivity index (χ1) is 18.6. The molecule has 0 spiro atoms. The summed E-state index contributed by atoms with van der Waals surface area (Å²) in [5.74, 6) is 0. The average molecular weight is 511 g/mol. The van der Waals surface area contributed by atoms with Crippen LogP contribution in [0.15, 0.2) is 84.9 Å². The standard InChI is InChI=1S/C33H42N4O/c1-33(28-14-6-3-7-15-28)20-10-21-37(26-33)23-11-22-36-24-18-29(19-25-36)34-32(38)35-31-17-9-8-16-30(31)27-12-4-2-5-13-27/h2-9,12-17,29H,10-11,18-26H2,1H3,(H2,34,35,38). The summed E-state index contributed by atoms with van der Waals surface area (Å²) in [6.45, 7) is 9.22. The number of benzene rings is 3. The number of urea groups is 1. The molecule has 0 bridgehead atoms. The normalized spacial score (nSPS) is 21.2. The molecule has 1 unspecified atom stereocenters. The van der Waals surface area contributed by atoms with Gasteiger partial charge in [0.2, 0.25) is 0 Å². The molecule has 200 valence electrons. The summed E-state index contributed by atoms with van der Waals surface area (Å²) in [6, 6.07) is 29.3. The summed E-state index contributed by atoms with van der Waals surface area (Å²) in [5.41, 5.74) is 4.73. The van der Waals surface area contributed by atoms with Gasteiger partial charge in [-0.2, -0.15) is 0 Å². The van der Waals surface area contributed by atoms with Crippen LogP contribution in [-0.4, -0.2) is 61.1 Å². The van der Waals surface area contributed by atoms with E-state index in [0.29, 0.717) is 0 Å². The molecule has 0 saturated carbocycles. The molecule has 2 aliphatic heterocycles. The Hall–Kier alpha value is -3.15. The summed E-state index contributed by atoms with van der Waals surface area (Å²) >= 11 is 0. The van der Waals surface area contributed by atoms with Crippen molar-refractivity contribution in [1.29, 1.82) is 0 Å². The number of likely N-dealkylation sites (tertiary alicyclic amines) is 2. The minimum absolute atomic E-state index is 0.113. The van der Waals surface area contributed by atoms with Gasteiger partial charge in [0, 0.05) is 36.7 Å². The van der Waals surface area contributed by atoms with Crippen LogP contribution in [0.4, 0.5) is 10.5 Å². The minimum Gasteiger partial charge on any atom is -0.335 e. The number of hydrogen-bond acceptors (Lipinski definition) is 3. The molecule has 0 aliphatic carbocycles. The van der Waals surface area contributed by atoms with Crippen molar-refractivity contribution < 1.29 is 4.79 Å². The summed E-state index contributed by atoms with van der Waals surface area (Å²) in [5, 5.41) is 6.30. The third-order valence-electron chi connectivity index (χ3n) is 8.38. The lowest BCUT2D eigenvalue weighted by atomic mass is 9.76. The third kappa shape index (κ3) is 6.83. The van der Waals surface area contributed by atoms with E-state index in [1.807, 2.05) is 36.4 Å². The van der Waals surface area contributed by atoms with Crippen molar-refractivity contribution in [1.82, 2.24) is 15.1 Å². The predicted molar refractivity (Wildman–Crippen MR) is 158 cm³/mol. The highest BCUT2D eigenvalue weighted by Gasteiger charge is 2.32. The molecule has 3 aromatic rings. The van der Waals surface area contributed by atoms with Gasteiger partial charge in [0.25, 0.3) is 0 Å². The van der Waals surface area contributed by atoms with Crippen molar-refractivity contribution in [3.8, 4) is 11.1 Å². The average Bonchev–Trinajstić information content (AvgIpc) is 2.95. The van der Waals surface area contributed by atoms with Gasteiger partial charge in [0.05, 0.1) is 5.69 Å². The lowest BCUT2D eigenvalue weighted by Gasteiger charge is -2.41. The van der Waals surface area contributed by atoms with Gasteiger partial charge in [-0.25, -0.2) is 4.79 Å². The van der Waals surface area contributed by atoms with Crippen molar-refractivity contribution in [3.63, 3.8) is 0 Å². The minimum atomic E-state index is -0.113. The molecule has 2 saturated heterocycles. The van der Waals surface area contributed by atoms with E-state index >= 15 is 0 Å². The summed E-state index contributed by atoms with van der Waals surface area (Å²) in [4.78, 5) is 18.0. The van der Waals surface area contributed by atoms with Crippen LogP contribution >= 0.6 is 0 Å². The van der Waals surface area contributed by atoms with Crippen LogP contribution in [0, 0.1) is 0 Å². The number of nitrogens with one attached hydrogen (secondary N) is 2. The maximum atomic E-state index is 12.8. The second-order valence-electron chi connectivity index (χ2n) is 11.3. The van der Waals surface area contributed by atoms with E-state index in [4.69, 9.17) is 0 Å². The summed E-state index contributed by atoms with van der Waals surface area (Å²) in [7, 11) is 0. The van der Waals surface area contributed by atoms with Crippen LogP contribution in [0.1, 0.15) is 44.6 Å². The first kappa shape index (κ1) is 26.5. The quantitative estimate of drug-likeness (QED) is 0.369. The molecule has 3 aromatic carbocycles. The van der Waals surface area contributed by atoms with Gasteiger partial charge in [0.1, 0.15) is 0 Å². The van der Waals surface area contributed by atoms with Gasteiger partial charge in [-0.15, -0.1) is 0 Å². The smallest absolute Gasteiger partial charge is 0.319 e. The Balaban J connectivity index is 1.03. The lowest BCUT2D eigenvalue weighted by molar-refractivity contribution is 0.140. The van der Waals surface area contributed by atoms with E-state index in [2.05, 4.69) is 75.9 Å². The van der Waals surface area contributed by atoms with Crippen molar-refractivity contribution in [3.05, 3.63) is 90.5 Å². The van der Waals surface area contributed by atoms with Gasteiger partial charge in [-0.1, -0.05) is 85.8 Å². The number of piperidine rings is 2. The van der Waals surface area contributed by atoms with Gasteiger partial charge in [0.15, 0.2) is 0 Å². The molecule has 0 aromatic heterocycles. The van der Waals surface area contributed by atoms with Crippen LogP contribution in [0.5, 0.6) is 0 Å². The number of carbonyl (C=O) groups is 1. The number of nitrogens with zero attached hydrogens (tertiary/aromatic N) is 2. The van der Waals surface area contributed by atoms with E-state index < -0.39 is 0 Å². The summed E-state index contributed by atoms with van der Waals surface area (Å²) < 4.78 is 0. The van der Waals surface area contributed by atoms with E-state index in [0.717, 1.165) is 55.8 Å². The second-order valence-corrected chi connectivity index (χ2v) is 11.3. The highest BCUT2D eigenvalue weighted by Crippen LogP contribution is 2.33. The monoisotopic (exact) mass is 510 g/mol. The van der Waals surface area contributed by atoms with Crippen molar-refractivity contribution in [2.75, 3.05) is 44.6 Å². The molecule has 2 N–H and O–H groups in total. The SMILES string of the molecule is CC1(c2ccccc2)CCCN(CCCN2CCC(NC(=O)Nc3ccccc3-c3ccccc3)CC2)C1. The Morgan fingerprint density at radius 2 is 1.50 bits per heavy atom. The maximum absolute atomic E-state index is 12.8. The fraction of sp³-hybridized carbons (Fsp3) is 0.424.